The first-order chi connectivity index (χ1) is 15.4. The molecule has 0 fully saturated rings. The minimum Gasteiger partial charge on any atom is -0.382 e. The highest BCUT2D eigenvalue weighted by Crippen LogP contribution is 2.28. The first-order valence-electron chi connectivity index (χ1n) is 11.7. The molecule has 1 unspecified atom stereocenters. The Morgan fingerprint density at radius 2 is 1.75 bits per heavy atom. The zero-order valence-corrected chi connectivity index (χ0v) is 20.8. The number of anilines is 1. The van der Waals surface area contributed by atoms with E-state index in [9.17, 15) is 0 Å². The van der Waals surface area contributed by atoms with Crippen LogP contribution in [0, 0.1) is 13.8 Å². The van der Waals surface area contributed by atoms with Gasteiger partial charge in [-0.1, -0.05) is 49.7 Å². The Balaban J connectivity index is 1.84. The number of aromatic nitrogens is 1. The van der Waals surface area contributed by atoms with Gasteiger partial charge in [0.25, 0.3) is 0 Å². The summed E-state index contributed by atoms with van der Waals surface area (Å²) in [6.07, 6.45) is 6.58. The van der Waals surface area contributed by atoms with Crippen LogP contribution in [0.3, 0.4) is 0 Å². The van der Waals surface area contributed by atoms with Crippen molar-refractivity contribution in [3.05, 3.63) is 69.9 Å². The largest absolute Gasteiger partial charge is 0.382 e. The molecule has 0 aliphatic carbocycles. The molecule has 32 heavy (non-hydrogen) atoms. The predicted octanol–water partition coefficient (Wildman–Crippen LogP) is 7.60. The number of aryl methyl sites for hydroxylation is 2. The summed E-state index contributed by atoms with van der Waals surface area (Å²) in [4.78, 5) is 7.35. The normalized spacial score (nSPS) is 12.7. The van der Waals surface area contributed by atoms with Crippen LogP contribution in [-0.4, -0.2) is 35.6 Å². The summed E-state index contributed by atoms with van der Waals surface area (Å²) in [7, 11) is 0. The van der Waals surface area contributed by atoms with Gasteiger partial charge in [-0.25, -0.2) is 4.98 Å². The molecule has 2 aromatic carbocycles. The molecule has 3 nitrogen and oxygen atoms in total. The summed E-state index contributed by atoms with van der Waals surface area (Å²) in [5.74, 6) is 0. The van der Waals surface area contributed by atoms with E-state index in [1.165, 1.54) is 23.1 Å². The fourth-order valence-corrected chi connectivity index (χ4v) is 4.35. The quantitative estimate of drug-likeness (QED) is 0.345. The molecule has 0 saturated carbocycles. The van der Waals surface area contributed by atoms with Gasteiger partial charge in [0.1, 0.15) is 0 Å². The van der Waals surface area contributed by atoms with Gasteiger partial charge in [-0.3, -0.25) is 0 Å². The van der Waals surface area contributed by atoms with Crippen molar-refractivity contribution in [2.24, 2.45) is 0 Å². The number of fused-ring (bicyclic) bond motifs is 1. The van der Waals surface area contributed by atoms with Gasteiger partial charge in [0, 0.05) is 22.1 Å². The molecule has 1 aromatic heterocycles. The monoisotopic (exact) mass is 449 g/mol. The second kappa shape index (κ2) is 11.5. The highest BCUT2D eigenvalue weighted by Gasteiger charge is 2.10. The van der Waals surface area contributed by atoms with E-state index < -0.39 is 0 Å². The van der Waals surface area contributed by atoms with Crippen LogP contribution in [0.2, 0.25) is 5.02 Å². The maximum atomic E-state index is 6.29. The van der Waals surface area contributed by atoms with Crippen molar-refractivity contribution in [2.75, 3.05) is 25.0 Å². The van der Waals surface area contributed by atoms with Gasteiger partial charge < -0.3 is 10.2 Å². The lowest BCUT2D eigenvalue weighted by atomic mass is 10.0. The van der Waals surface area contributed by atoms with Crippen LogP contribution in [0.4, 0.5) is 5.69 Å². The van der Waals surface area contributed by atoms with E-state index in [0.29, 0.717) is 11.1 Å². The molecule has 170 valence electrons. The SMILES string of the molecule is CCN(CC)CCCC(C)Nc1cc(/C=C/c2c(C)cccc2C)nc2cc(Cl)ccc12. The van der Waals surface area contributed by atoms with Crippen LogP contribution in [0.1, 0.15) is 56.0 Å². The predicted molar refractivity (Wildman–Crippen MR) is 142 cm³/mol. The van der Waals surface area contributed by atoms with Crippen molar-refractivity contribution < 1.29 is 0 Å². The molecule has 1 atom stereocenters. The molecular weight excluding hydrogens is 414 g/mol. The van der Waals surface area contributed by atoms with Crippen molar-refractivity contribution in [1.82, 2.24) is 9.88 Å². The molecule has 1 heterocycles. The second-order valence-electron chi connectivity index (χ2n) is 8.61. The van der Waals surface area contributed by atoms with Crippen LogP contribution in [-0.2, 0) is 0 Å². The molecule has 0 bridgehead atoms. The molecule has 0 aliphatic rings. The Bertz CT molecular complexity index is 1050. The maximum absolute atomic E-state index is 6.29. The Hall–Kier alpha value is -2.36. The van der Waals surface area contributed by atoms with Crippen LogP contribution >= 0.6 is 11.6 Å². The lowest BCUT2D eigenvalue weighted by Crippen LogP contribution is -2.25. The van der Waals surface area contributed by atoms with Crippen molar-refractivity contribution in [2.45, 2.75) is 53.5 Å². The second-order valence-corrected chi connectivity index (χ2v) is 9.05. The van der Waals surface area contributed by atoms with E-state index in [2.05, 4.69) is 87.3 Å². The third-order valence-electron chi connectivity index (χ3n) is 6.16. The van der Waals surface area contributed by atoms with Crippen LogP contribution in [0.5, 0.6) is 0 Å². The zero-order chi connectivity index (χ0) is 23.1. The molecule has 3 rings (SSSR count). The van der Waals surface area contributed by atoms with Crippen molar-refractivity contribution >= 4 is 40.3 Å². The minimum absolute atomic E-state index is 0.377. The number of rotatable bonds is 10. The molecule has 1 N–H and O–H groups in total. The third-order valence-corrected chi connectivity index (χ3v) is 6.40. The molecule has 0 saturated heterocycles. The number of benzene rings is 2. The summed E-state index contributed by atoms with van der Waals surface area (Å²) in [5, 5.41) is 5.55. The van der Waals surface area contributed by atoms with Crippen molar-refractivity contribution in [3.8, 4) is 0 Å². The fourth-order valence-electron chi connectivity index (χ4n) is 4.18. The van der Waals surface area contributed by atoms with Gasteiger partial charge in [0.2, 0.25) is 0 Å². The van der Waals surface area contributed by atoms with Gasteiger partial charge >= 0.3 is 0 Å². The molecule has 4 heteroatoms. The Kier molecular flexibility index (Phi) is 8.72. The number of hydrogen-bond donors (Lipinski definition) is 1. The van der Waals surface area contributed by atoms with E-state index in [-0.39, 0.29) is 0 Å². The van der Waals surface area contributed by atoms with Crippen LogP contribution in [0.25, 0.3) is 23.1 Å². The first-order valence-corrected chi connectivity index (χ1v) is 12.1. The van der Waals surface area contributed by atoms with Gasteiger partial charge in [-0.15, -0.1) is 0 Å². The standard InChI is InChI=1S/C28H36ClN3/c1-6-32(7-2)17-9-12-22(5)30-28-19-24(31-27-18-23(29)13-15-26(27)28)14-16-25-20(3)10-8-11-21(25)4/h8,10-11,13-16,18-19,22H,6-7,9,12,17H2,1-5H3,(H,30,31)/b16-14+. The molecule has 0 aliphatic heterocycles. The van der Waals surface area contributed by atoms with E-state index >= 15 is 0 Å². The number of nitrogens with zero attached hydrogens (tertiary/aromatic N) is 2. The van der Waals surface area contributed by atoms with Crippen molar-refractivity contribution in [1.29, 1.82) is 0 Å². The van der Waals surface area contributed by atoms with E-state index in [1.54, 1.807) is 0 Å². The number of pyridine rings is 1. The number of hydrogen-bond acceptors (Lipinski definition) is 3. The third kappa shape index (κ3) is 6.34. The van der Waals surface area contributed by atoms with Gasteiger partial charge in [0.15, 0.2) is 0 Å². The highest BCUT2D eigenvalue weighted by molar-refractivity contribution is 6.31. The summed E-state index contributed by atoms with van der Waals surface area (Å²) < 4.78 is 0. The smallest absolute Gasteiger partial charge is 0.0744 e. The van der Waals surface area contributed by atoms with Gasteiger partial charge in [0.05, 0.1) is 11.2 Å². The average Bonchev–Trinajstić information content (AvgIpc) is 2.76. The summed E-state index contributed by atoms with van der Waals surface area (Å²) >= 11 is 6.29. The minimum atomic E-state index is 0.377. The fraction of sp³-hybridized carbons (Fsp3) is 0.393. The van der Waals surface area contributed by atoms with E-state index in [1.807, 2.05) is 12.1 Å². The summed E-state index contributed by atoms with van der Waals surface area (Å²) in [6.45, 7) is 14.4. The maximum Gasteiger partial charge on any atom is 0.0744 e. The van der Waals surface area contributed by atoms with Crippen LogP contribution < -0.4 is 5.32 Å². The molecule has 0 radical (unpaired) electrons. The number of nitrogens with one attached hydrogen (secondary N) is 1. The Morgan fingerprint density at radius 3 is 2.44 bits per heavy atom. The Labute approximate surface area is 198 Å². The Morgan fingerprint density at radius 1 is 1.03 bits per heavy atom. The van der Waals surface area contributed by atoms with Crippen molar-refractivity contribution in [3.63, 3.8) is 0 Å². The number of halogens is 1. The first kappa shape index (κ1) is 24.3. The summed E-state index contributed by atoms with van der Waals surface area (Å²) in [5.41, 5.74) is 6.75. The van der Waals surface area contributed by atoms with Crippen LogP contribution in [0.15, 0.2) is 42.5 Å². The topological polar surface area (TPSA) is 28.2 Å². The van der Waals surface area contributed by atoms with Gasteiger partial charge in [-0.05, 0) is 100 Å². The average molecular weight is 450 g/mol. The molecular formula is C28H36ClN3. The van der Waals surface area contributed by atoms with E-state index in [4.69, 9.17) is 16.6 Å². The molecule has 3 aromatic rings. The van der Waals surface area contributed by atoms with Gasteiger partial charge in [-0.2, -0.15) is 0 Å². The lowest BCUT2D eigenvalue weighted by Gasteiger charge is -2.21. The zero-order valence-electron chi connectivity index (χ0n) is 20.1. The van der Waals surface area contributed by atoms with E-state index in [0.717, 1.165) is 48.3 Å². The molecule has 0 spiro atoms. The summed E-state index contributed by atoms with van der Waals surface area (Å²) in [6, 6.07) is 14.9. The highest BCUT2D eigenvalue weighted by atomic mass is 35.5. The molecule has 0 amide bonds. The lowest BCUT2D eigenvalue weighted by molar-refractivity contribution is 0.295.